The summed E-state index contributed by atoms with van der Waals surface area (Å²) in [6, 6.07) is 8.27. The van der Waals surface area contributed by atoms with Gasteiger partial charge in [-0.1, -0.05) is 52.5 Å². The van der Waals surface area contributed by atoms with Crippen molar-refractivity contribution >= 4 is 55.1 Å². The van der Waals surface area contributed by atoms with E-state index in [4.69, 9.17) is 11.6 Å². The van der Waals surface area contributed by atoms with Crippen molar-refractivity contribution < 1.29 is 31.2 Å². The molecule has 1 saturated carbocycles. The molecule has 0 heterocycles. The Balaban J connectivity index is 1.96. The predicted octanol–water partition coefficient (Wildman–Crippen LogP) is 5.36. The lowest BCUT2D eigenvalue weighted by Gasteiger charge is -2.32. The normalized spacial score (nSPS) is 15.2. The Morgan fingerprint density at radius 3 is 2.39 bits per heavy atom. The van der Waals surface area contributed by atoms with E-state index in [1.807, 2.05) is 0 Å². The Kier molecular flexibility index (Phi) is 9.75. The maximum absolute atomic E-state index is 13.6. The molecule has 0 aromatic heterocycles. The van der Waals surface area contributed by atoms with Crippen LogP contribution in [0.25, 0.3) is 0 Å². The fraction of sp³-hybridized carbons (Fsp3) is 0.440. The van der Waals surface area contributed by atoms with Gasteiger partial charge in [-0.25, -0.2) is 8.42 Å². The minimum Gasteiger partial charge on any atom is -0.352 e. The zero-order valence-electron chi connectivity index (χ0n) is 20.8. The van der Waals surface area contributed by atoms with Crippen LogP contribution in [-0.4, -0.2) is 50.0 Å². The van der Waals surface area contributed by atoms with Gasteiger partial charge >= 0.3 is 6.18 Å². The molecule has 2 amide bonds. The molecular weight excluding hydrogens is 611 g/mol. The van der Waals surface area contributed by atoms with Crippen molar-refractivity contribution in [3.8, 4) is 0 Å². The summed E-state index contributed by atoms with van der Waals surface area (Å²) in [5, 5.41) is 2.66. The molecule has 0 radical (unpaired) electrons. The zero-order chi connectivity index (χ0) is 28.3. The number of benzene rings is 2. The molecule has 1 fully saturated rings. The molecule has 13 heteroatoms. The molecule has 208 valence electrons. The number of carbonyl (C=O) groups excluding carboxylic acids is 2. The van der Waals surface area contributed by atoms with Gasteiger partial charge in [0.25, 0.3) is 0 Å². The van der Waals surface area contributed by atoms with Crippen molar-refractivity contribution in [1.29, 1.82) is 0 Å². The molecule has 2 aromatic carbocycles. The van der Waals surface area contributed by atoms with Crippen molar-refractivity contribution in [1.82, 2.24) is 10.2 Å². The summed E-state index contributed by atoms with van der Waals surface area (Å²) in [5.41, 5.74) is -0.938. The molecule has 0 aliphatic heterocycles. The number of amides is 2. The Morgan fingerprint density at radius 1 is 1.16 bits per heavy atom. The molecule has 7 nitrogen and oxygen atoms in total. The first kappa shape index (κ1) is 30.2. The number of halogens is 5. The highest BCUT2D eigenvalue weighted by Gasteiger charge is 2.35. The van der Waals surface area contributed by atoms with Gasteiger partial charge in [-0.05, 0) is 55.7 Å². The minimum absolute atomic E-state index is 0.01000. The van der Waals surface area contributed by atoms with Gasteiger partial charge in [0.05, 0.1) is 22.5 Å². The average Bonchev–Trinajstić information content (AvgIpc) is 3.32. The van der Waals surface area contributed by atoms with Gasteiger partial charge in [-0.3, -0.25) is 13.9 Å². The third kappa shape index (κ3) is 7.86. The lowest BCUT2D eigenvalue weighted by Crippen LogP contribution is -2.52. The van der Waals surface area contributed by atoms with Crippen LogP contribution in [0, 0.1) is 0 Å². The van der Waals surface area contributed by atoms with Crippen LogP contribution in [0.2, 0.25) is 5.02 Å². The number of alkyl halides is 3. The van der Waals surface area contributed by atoms with Gasteiger partial charge < -0.3 is 10.2 Å². The van der Waals surface area contributed by atoms with E-state index in [0.717, 1.165) is 48.5 Å². The molecule has 0 saturated heterocycles. The van der Waals surface area contributed by atoms with Crippen LogP contribution in [-0.2, 0) is 32.3 Å². The molecule has 1 atom stereocenters. The Bertz CT molecular complexity index is 1290. The monoisotopic (exact) mass is 637 g/mol. The number of hydrogen-bond acceptors (Lipinski definition) is 4. The summed E-state index contributed by atoms with van der Waals surface area (Å²) in [7, 11) is -4.25. The molecule has 0 spiro atoms. The molecule has 1 aliphatic rings. The highest BCUT2D eigenvalue weighted by atomic mass is 79.9. The van der Waals surface area contributed by atoms with Crippen molar-refractivity contribution in [3.05, 3.63) is 63.1 Å². The molecule has 1 aliphatic carbocycles. The third-order valence-electron chi connectivity index (χ3n) is 6.33. The quantitative estimate of drug-likeness (QED) is 0.401. The van der Waals surface area contributed by atoms with E-state index >= 15 is 0 Å². The molecule has 3 rings (SSSR count). The first-order valence-corrected chi connectivity index (χ1v) is 14.9. The summed E-state index contributed by atoms with van der Waals surface area (Å²) in [4.78, 5) is 27.9. The van der Waals surface area contributed by atoms with Crippen LogP contribution >= 0.6 is 27.5 Å². The largest absolute Gasteiger partial charge is 0.416 e. The topological polar surface area (TPSA) is 86.8 Å². The second-order valence-electron chi connectivity index (χ2n) is 9.25. The maximum Gasteiger partial charge on any atom is 0.416 e. The molecule has 38 heavy (non-hydrogen) atoms. The van der Waals surface area contributed by atoms with Gasteiger partial charge in [-0.2, -0.15) is 13.2 Å². The van der Waals surface area contributed by atoms with E-state index in [2.05, 4.69) is 21.2 Å². The molecule has 2 aromatic rings. The lowest BCUT2D eigenvalue weighted by molar-refractivity contribution is -0.139. The van der Waals surface area contributed by atoms with Crippen molar-refractivity contribution in [2.75, 3.05) is 17.1 Å². The fourth-order valence-electron chi connectivity index (χ4n) is 4.28. The zero-order valence-corrected chi connectivity index (χ0v) is 23.9. The van der Waals surface area contributed by atoms with Gasteiger partial charge in [0.2, 0.25) is 21.8 Å². The van der Waals surface area contributed by atoms with Crippen LogP contribution in [0.3, 0.4) is 0 Å². The third-order valence-corrected chi connectivity index (χ3v) is 8.27. The fourth-order valence-corrected chi connectivity index (χ4v) is 5.85. The van der Waals surface area contributed by atoms with Gasteiger partial charge in [0.1, 0.15) is 12.6 Å². The number of hydrogen-bond donors (Lipinski definition) is 1. The second-order valence-corrected chi connectivity index (χ2v) is 12.5. The van der Waals surface area contributed by atoms with Gasteiger partial charge in [0, 0.05) is 17.1 Å². The van der Waals surface area contributed by atoms with Crippen LogP contribution in [0.4, 0.5) is 18.9 Å². The van der Waals surface area contributed by atoms with Crippen molar-refractivity contribution in [3.63, 3.8) is 0 Å². The summed E-state index contributed by atoms with van der Waals surface area (Å²) in [6.45, 7) is 0.641. The second kappa shape index (κ2) is 12.3. The molecule has 1 N–H and O–H groups in total. The van der Waals surface area contributed by atoms with Gasteiger partial charge in [-0.15, -0.1) is 0 Å². The van der Waals surface area contributed by atoms with E-state index in [-0.39, 0.29) is 17.6 Å². The number of sulfonamides is 1. The van der Waals surface area contributed by atoms with E-state index < -0.39 is 51.9 Å². The number of anilines is 1. The number of nitrogens with one attached hydrogen (secondary N) is 1. The smallest absolute Gasteiger partial charge is 0.352 e. The highest BCUT2D eigenvalue weighted by molar-refractivity contribution is 9.10. The number of rotatable bonds is 9. The Hall–Kier alpha value is -2.31. The predicted molar refractivity (Wildman–Crippen MR) is 143 cm³/mol. The van der Waals surface area contributed by atoms with E-state index in [1.54, 1.807) is 24.3 Å². The maximum atomic E-state index is 13.6. The van der Waals surface area contributed by atoms with E-state index in [0.29, 0.717) is 15.9 Å². The summed E-state index contributed by atoms with van der Waals surface area (Å²) in [6.07, 6.45) is -0.359. The standard InChI is InChI=1S/C25H28BrClF3N3O4S/c1-16(24(35)31-20-8-3-4-9-20)32(14-17-6-5-7-19(26)12-17)23(34)15-33(38(2,36)37)22-13-18(25(28,29)30)10-11-21(22)27/h5-7,10-13,16,20H,3-4,8-9,14-15H2,1-2H3,(H,31,35)/t16-/m0/s1. The first-order valence-electron chi connectivity index (χ1n) is 11.9. The highest BCUT2D eigenvalue weighted by Crippen LogP contribution is 2.36. The van der Waals surface area contributed by atoms with Crippen LogP contribution in [0.5, 0.6) is 0 Å². The number of nitrogens with zero attached hydrogens (tertiary/aromatic N) is 2. The lowest BCUT2D eigenvalue weighted by atomic mass is 10.1. The molecule has 0 bridgehead atoms. The van der Waals surface area contributed by atoms with Crippen molar-refractivity contribution in [2.45, 2.75) is 57.4 Å². The van der Waals surface area contributed by atoms with Crippen LogP contribution in [0.1, 0.15) is 43.7 Å². The minimum atomic E-state index is -4.76. The van der Waals surface area contributed by atoms with Crippen LogP contribution in [0.15, 0.2) is 46.9 Å². The van der Waals surface area contributed by atoms with Gasteiger partial charge in [0.15, 0.2) is 0 Å². The molecular formula is C25H28BrClF3N3O4S. The van der Waals surface area contributed by atoms with Crippen molar-refractivity contribution in [2.24, 2.45) is 0 Å². The molecule has 0 unspecified atom stereocenters. The summed E-state index contributed by atoms with van der Waals surface area (Å²) in [5.74, 6) is -1.18. The average molecular weight is 639 g/mol. The SMILES string of the molecule is C[C@@H](C(=O)NC1CCCC1)N(Cc1cccc(Br)c1)C(=O)CN(c1cc(C(F)(F)F)ccc1Cl)S(C)(=O)=O. The van der Waals surface area contributed by atoms with E-state index in [1.165, 1.54) is 11.8 Å². The van der Waals surface area contributed by atoms with Crippen LogP contribution < -0.4 is 9.62 Å². The first-order chi connectivity index (χ1) is 17.7. The summed E-state index contributed by atoms with van der Waals surface area (Å²) >= 11 is 9.46. The Labute approximate surface area is 233 Å². The van der Waals surface area contributed by atoms with E-state index in [9.17, 15) is 31.2 Å². The Morgan fingerprint density at radius 2 is 1.82 bits per heavy atom. The summed E-state index contributed by atoms with van der Waals surface area (Å²) < 4.78 is 66.7. The number of carbonyl (C=O) groups is 2.